The molecule has 3 heterocycles. The number of hydrogen-bond donors (Lipinski definition) is 4. The molecule has 0 bridgehead atoms. The average Bonchev–Trinajstić information content (AvgIpc) is 3.20. The van der Waals surface area contributed by atoms with Gasteiger partial charge in [0.05, 0.1) is 0 Å². The van der Waals surface area contributed by atoms with Crippen LogP contribution in [0.1, 0.15) is 23.6 Å². The molecule has 1 atom stereocenters. The molecule has 1 aromatic carbocycles. The highest BCUT2D eigenvalue weighted by atomic mass is 19.4. The molecule has 4 N–H and O–H groups in total. The van der Waals surface area contributed by atoms with Gasteiger partial charge in [0.2, 0.25) is 11.4 Å². The zero-order valence-electron chi connectivity index (χ0n) is 16.9. The predicted molar refractivity (Wildman–Crippen MR) is 108 cm³/mol. The number of amides is 2. The highest BCUT2D eigenvalue weighted by Crippen LogP contribution is 2.44. The van der Waals surface area contributed by atoms with Crippen LogP contribution in [-0.2, 0) is 28.1 Å². The number of carbonyl (C=O) groups excluding carboxylic acids is 2. The fourth-order valence-corrected chi connectivity index (χ4v) is 4.03. The molecule has 2 aromatic heterocycles. The Labute approximate surface area is 177 Å². The van der Waals surface area contributed by atoms with Crippen LogP contribution in [0.3, 0.4) is 0 Å². The van der Waals surface area contributed by atoms with Crippen LogP contribution in [0.4, 0.5) is 19.0 Å². The molecule has 0 spiro atoms. The first kappa shape index (κ1) is 21.4. The molecular formula is C20H18F3N5O4. The second-order valence-electron chi connectivity index (χ2n) is 7.63. The number of carbonyl (C=O) groups is 2. The van der Waals surface area contributed by atoms with Crippen molar-refractivity contribution in [1.82, 2.24) is 19.9 Å². The van der Waals surface area contributed by atoms with Crippen molar-refractivity contribution in [2.24, 2.45) is 0 Å². The Bertz CT molecular complexity index is 1380. The fraction of sp³-hybridized carbons (Fsp3) is 0.300. The van der Waals surface area contributed by atoms with Crippen LogP contribution in [0.25, 0.3) is 10.9 Å². The molecule has 0 saturated heterocycles. The number of rotatable bonds is 4. The van der Waals surface area contributed by atoms with Crippen molar-refractivity contribution in [3.8, 4) is 0 Å². The summed E-state index contributed by atoms with van der Waals surface area (Å²) in [5.41, 5.74) is -4.42. The Morgan fingerprint density at radius 3 is 2.59 bits per heavy atom. The van der Waals surface area contributed by atoms with E-state index in [0.717, 1.165) is 33.5 Å². The third kappa shape index (κ3) is 3.10. The van der Waals surface area contributed by atoms with E-state index >= 15 is 0 Å². The quantitative estimate of drug-likeness (QED) is 0.480. The van der Waals surface area contributed by atoms with Gasteiger partial charge < -0.3 is 15.6 Å². The van der Waals surface area contributed by atoms with Gasteiger partial charge in [-0.2, -0.15) is 13.2 Å². The van der Waals surface area contributed by atoms with Crippen molar-refractivity contribution >= 4 is 28.5 Å². The summed E-state index contributed by atoms with van der Waals surface area (Å²) in [7, 11) is 0. The summed E-state index contributed by atoms with van der Waals surface area (Å²) in [5.74, 6) is -3.43. The standard InChI is InChI=1S/C20H18F3N5O4/c1-9-3-4-13-12(7-9)11(8-24-13)5-6-28-15-14(16(30)26-18(28)32)19(17(31)25-15,20(21,22)23)27-10(2)29/h3-4,7-8,24H,5-6H2,1-2H3,(H,25,31)(H,27,29)(H,26,30,32). The molecular weight excluding hydrogens is 431 g/mol. The maximum absolute atomic E-state index is 14.0. The monoisotopic (exact) mass is 449 g/mol. The second kappa shape index (κ2) is 7.11. The smallest absolute Gasteiger partial charge is 0.361 e. The van der Waals surface area contributed by atoms with Gasteiger partial charge in [0, 0.05) is 30.6 Å². The van der Waals surface area contributed by atoms with E-state index < -0.39 is 46.2 Å². The highest BCUT2D eigenvalue weighted by molar-refractivity contribution is 6.07. The molecule has 1 aliphatic rings. The lowest BCUT2D eigenvalue weighted by atomic mass is 9.92. The van der Waals surface area contributed by atoms with Crippen LogP contribution in [0.2, 0.25) is 0 Å². The summed E-state index contributed by atoms with van der Waals surface area (Å²) < 4.78 is 42.9. The Kier molecular flexibility index (Phi) is 4.75. The van der Waals surface area contributed by atoms with Crippen molar-refractivity contribution in [2.75, 3.05) is 5.32 Å². The summed E-state index contributed by atoms with van der Waals surface area (Å²) in [6.45, 7) is 2.57. The van der Waals surface area contributed by atoms with E-state index in [1.807, 2.05) is 35.4 Å². The van der Waals surface area contributed by atoms with Crippen molar-refractivity contribution in [3.63, 3.8) is 0 Å². The molecule has 0 saturated carbocycles. The van der Waals surface area contributed by atoms with E-state index in [0.29, 0.717) is 0 Å². The van der Waals surface area contributed by atoms with E-state index in [4.69, 9.17) is 0 Å². The Hall–Kier alpha value is -3.83. The van der Waals surface area contributed by atoms with Crippen molar-refractivity contribution < 1.29 is 22.8 Å². The van der Waals surface area contributed by atoms with Crippen molar-refractivity contribution in [2.45, 2.75) is 38.5 Å². The van der Waals surface area contributed by atoms with Crippen molar-refractivity contribution in [3.05, 3.63) is 61.9 Å². The number of aryl methyl sites for hydroxylation is 2. The first-order valence-electron chi connectivity index (χ1n) is 9.57. The number of benzene rings is 1. The number of H-pyrrole nitrogens is 2. The normalized spacial score (nSPS) is 18.0. The van der Waals surface area contributed by atoms with Gasteiger partial charge in [0.15, 0.2) is 0 Å². The fourth-order valence-electron chi connectivity index (χ4n) is 4.03. The average molecular weight is 449 g/mol. The largest absolute Gasteiger partial charge is 0.425 e. The molecule has 0 fully saturated rings. The second-order valence-corrected chi connectivity index (χ2v) is 7.63. The van der Waals surface area contributed by atoms with Crippen molar-refractivity contribution in [1.29, 1.82) is 0 Å². The SMILES string of the molecule is CC(=O)NC1(C(F)(F)F)C(=O)Nc2c1c(=O)[nH]c(=O)n2CCc1c[nH]c2ccc(C)cc12. The van der Waals surface area contributed by atoms with E-state index in [2.05, 4.69) is 4.98 Å². The van der Waals surface area contributed by atoms with Gasteiger partial charge in [-0.15, -0.1) is 0 Å². The van der Waals surface area contributed by atoms with E-state index in [9.17, 15) is 32.3 Å². The number of aromatic nitrogens is 3. The van der Waals surface area contributed by atoms with Gasteiger partial charge in [-0.25, -0.2) is 4.79 Å². The number of halogens is 3. The molecule has 12 heteroatoms. The molecule has 1 unspecified atom stereocenters. The van der Waals surface area contributed by atoms with Gasteiger partial charge in [-0.3, -0.25) is 23.9 Å². The van der Waals surface area contributed by atoms with Gasteiger partial charge in [0.25, 0.3) is 11.5 Å². The first-order valence-corrected chi connectivity index (χ1v) is 9.57. The van der Waals surface area contributed by atoms with Crippen LogP contribution in [0.15, 0.2) is 34.0 Å². The molecule has 4 rings (SSSR count). The number of nitrogens with one attached hydrogen (secondary N) is 4. The summed E-state index contributed by atoms with van der Waals surface area (Å²) in [4.78, 5) is 53.8. The molecule has 168 valence electrons. The Balaban J connectivity index is 1.83. The minimum Gasteiger partial charge on any atom is -0.361 e. The number of fused-ring (bicyclic) bond motifs is 2. The molecule has 9 nitrogen and oxygen atoms in total. The zero-order chi connectivity index (χ0) is 23.4. The minimum absolute atomic E-state index is 0.132. The van der Waals surface area contributed by atoms with Crippen LogP contribution in [0.5, 0.6) is 0 Å². The van der Waals surface area contributed by atoms with Gasteiger partial charge in [-0.05, 0) is 31.0 Å². The topological polar surface area (TPSA) is 129 Å². The number of alkyl halides is 3. The number of aromatic amines is 2. The minimum atomic E-state index is -5.34. The van der Waals surface area contributed by atoms with Crippen LogP contribution in [0, 0.1) is 6.92 Å². The summed E-state index contributed by atoms with van der Waals surface area (Å²) >= 11 is 0. The molecule has 0 aliphatic carbocycles. The van der Waals surface area contributed by atoms with Gasteiger partial charge in [-0.1, -0.05) is 11.6 Å². The maximum atomic E-state index is 14.0. The lowest BCUT2D eigenvalue weighted by Gasteiger charge is -2.29. The van der Waals surface area contributed by atoms with Gasteiger partial charge in [0.1, 0.15) is 11.4 Å². The maximum Gasteiger partial charge on any atom is 0.425 e. The number of nitrogens with zero attached hydrogens (tertiary/aromatic N) is 1. The van der Waals surface area contributed by atoms with Crippen LogP contribution < -0.4 is 21.9 Å². The van der Waals surface area contributed by atoms with E-state index in [1.54, 1.807) is 11.5 Å². The third-order valence-electron chi connectivity index (χ3n) is 5.46. The Morgan fingerprint density at radius 2 is 1.94 bits per heavy atom. The lowest BCUT2D eigenvalue weighted by molar-refractivity contribution is -0.200. The molecule has 1 aliphatic heterocycles. The predicted octanol–water partition coefficient (Wildman–Crippen LogP) is 1.41. The summed E-state index contributed by atoms with van der Waals surface area (Å²) in [6.07, 6.45) is -3.40. The molecule has 3 aromatic rings. The first-order chi connectivity index (χ1) is 15.0. The third-order valence-corrected chi connectivity index (χ3v) is 5.46. The molecule has 0 radical (unpaired) electrons. The van der Waals surface area contributed by atoms with Crippen LogP contribution in [-0.4, -0.2) is 32.5 Å². The van der Waals surface area contributed by atoms with Crippen LogP contribution >= 0.6 is 0 Å². The number of anilines is 1. The molecule has 2 amide bonds. The lowest BCUT2D eigenvalue weighted by Crippen LogP contribution is -2.61. The Morgan fingerprint density at radius 1 is 1.22 bits per heavy atom. The summed E-state index contributed by atoms with van der Waals surface area (Å²) in [5, 5.41) is 4.44. The number of hydrogen-bond acceptors (Lipinski definition) is 4. The summed E-state index contributed by atoms with van der Waals surface area (Å²) in [6, 6.07) is 5.72. The highest BCUT2D eigenvalue weighted by Gasteiger charge is 2.68. The van der Waals surface area contributed by atoms with E-state index in [1.165, 1.54) is 0 Å². The van der Waals surface area contributed by atoms with E-state index in [-0.39, 0.29) is 13.0 Å². The zero-order valence-corrected chi connectivity index (χ0v) is 16.9. The van der Waals surface area contributed by atoms with Gasteiger partial charge >= 0.3 is 11.9 Å². The molecule has 32 heavy (non-hydrogen) atoms.